The first-order valence-corrected chi connectivity index (χ1v) is 27.0. The van der Waals surface area contributed by atoms with Gasteiger partial charge in [0, 0.05) is 81.4 Å². The minimum Gasteiger partial charge on any atom is -0.379 e. The van der Waals surface area contributed by atoms with Crippen LogP contribution >= 0.6 is 0 Å². The zero-order valence-corrected chi connectivity index (χ0v) is 44.8. The number of carbonyl (C=O) groups is 6. The third kappa shape index (κ3) is 14.8. The fourth-order valence-corrected chi connectivity index (χ4v) is 11.3. The molecule has 0 bridgehead atoms. The Morgan fingerprint density at radius 2 is 1.55 bits per heavy atom. The lowest BCUT2D eigenvalue weighted by Crippen LogP contribution is -2.59. The number of likely N-dealkylation sites (tertiary alicyclic amines) is 2. The predicted octanol–water partition coefficient (Wildman–Crippen LogP) is 5.47. The topological polar surface area (TPSA) is 208 Å². The van der Waals surface area contributed by atoms with Gasteiger partial charge in [0.2, 0.25) is 35.4 Å². The molecule has 2 aromatic carbocycles. The van der Waals surface area contributed by atoms with Crippen molar-refractivity contribution in [3.63, 3.8) is 0 Å². The fraction of sp³-hybridized carbons (Fsp3) is 0.636. The molecule has 3 heterocycles. The molecule has 2 aliphatic heterocycles. The van der Waals surface area contributed by atoms with Crippen LogP contribution < -0.4 is 21.3 Å². The van der Waals surface area contributed by atoms with E-state index >= 15 is 0 Å². The number of hydrogen-bond acceptors (Lipinski definition) is 12. The third-order valence-corrected chi connectivity index (χ3v) is 15.8. The smallest absolute Gasteiger partial charge is 0.379 e. The van der Waals surface area contributed by atoms with Crippen molar-refractivity contribution in [3.8, 4) is 0 Å². The van der Waals surface area contributed by atoms with Crippen LogP contribution in [0, 0.1) is 11.8 Å². The van der Waals surface area contributed by atoms with Crippen LogP contribution in [0.2, 0.25) is 0 Å². The van der Waals surface area contributed by atoms with E-state index in [2.05, 4.69) is 57.0 Å². The van der Waals surface area contributed by atoms with Crippen molar-refractivity contribution in [1.82, 2.24) is 45.5 Å². The predicted molar refractivity (Wildman–Crippen MR) is 279 cm³/mol. The number of benzene rings is 2. The van der Waals surface area contributed by atoms with E-state index in [9.17, 15) is 41.9 Å². The number of amides is 6. The van der Waals surface area contributed by atoms with Crippen LogP contribution in [0.4, 0.5) is 19.0 Å². The van der Waals surface area contributed by atoms with Gasteiger partial charge < -0.3 is 50.3 Å². The number of alkyl halides is 3. The molecule has 76 heavy (non-hydrogen) atoms. The van der Waals surface area contributed by atoms with E-state index < -0.39 is 23.7 Å². The molecule has 4 fully saturated rings. The van der Waals surface area contributed by atoms with Crippen LogP contribution in [0.3, 0.4) is 0 Å². The van der Waals surface area contributed by atoms with Gasteiger partial charge in [-0.05, 0) is 110 Å². The quantitative estimate of drug-likeness (QED) is 0.0873. The van der Waals surface area contributed by atoms with Crippen molar-refractivity contribution in [1.29, 1.82) is 0 Å². The van der Waals surface area contributed by atoms with E-state index in [1.807, 2.05) is 49.1 Å². The molecule has 3 aromatic rings. The maximum Gasteiger partial charge on any atom is 0.416 e. The van der Waals surface area contributed by atoms with Gasteiger partial charge >= 0.3 is 6.18 Å². The molecule has 416 valence electrons. The molecule has 18 nitrogen and oxygen atoms in total. The van der Waals surface area contributed by atoms with Crippen molar-refractivity contribution in [2.45, 2.75) is 153 Å². The minimum absolute atomic E-state index is 0.0626. The zero-order chi connectivity index (χ0) is 54.7. The summed E-state index contributed by atoms with van der Waals surface area (Å²) in [7, 11) is 3.79. The largest absolute Gasteiger partial charge is 0.416 e. The normalized spacial score (nSPS) is 24.2. The Morgan fingerprint density at radius 3 is 2.25 bits per heavy atom. The van der Waals surface area contributed by atoms with E-state index in [1.165, 1.54) is 12.4 Å². The average molecular weight is 1060 g/mol. The monoisotopic (exact) mass is 1060 g/mol. The highest BCUT2D eigenvalue weighted by atomic mass is 19.4. The van der Waals surface area contributed by atoms with Gasteiger partial charge in [-0.2, -0.15) is 13.2 Å². The zero-order valence-electron chi connectivity index (χ0n) is 44.8. The molecule has 6 amide bonds. The number of nitrogens with one attached hydrogen (secondary N) is 4. The second-order valence-electron chi connectivity index (χ2n) is 21.4. The summed E-state index contributed by atoms with van der Waals surface area (Å²) in [4.78, 5) is 95.6. The second-order valence-corrected chi connectivity index (χ2v) is 21.4. The van der Waals surface area contributed by atoms with E-state index in [0.29, 0.717) is 63.6 Å². The molecule has 0 radical (unpaired) electrons. The number of anilines is 1. The highest BCUT2D eigenvalue weighted by Gasteiger charge is 2.45. The molecule has 1 aromatic heterocycles. The number of carbonyl (C=O) groups excluding carboxylic acids is 6. The molecule has 6 atom stereocenters. The summed E-state index contributed by atoms with van der Waals surface area (Å²) in [6.45, 7) is 10.1. The molecule has 2 saturated carbocycles. The number of ether oxygens (including phenoxy) is 2. The minimum atomic E-state index is -4.55. The van der Waals surface area contributed by atoms with Crippen LogP contribution in [0.25, 0.3) is 10.9 Å². The van der Waals surface area contributed by atoms with E-state index in [1.54, 1.807) is 16.8 Å². The molecule has 2 aliphatic carbocycles. The van der Waals surface area contributed by atoms with Gasteiger partial charge in [-0.1, -0.05) is 30.3 Å². The summed E-state index contributed by atoms with van der Waals surface area (Å²) in [5, 5.41) is 12.6. The first kappa shape index (κ1) is 57.8. The maximum atomic E-state index is 14.1. The molecule has 4 N–H and O–H groups in total. The summed E-state index contributed by atoms with van der Waals surface area (Å²) >= 11 is 0. The van der Waals surface area contributed by atoms with Crippen molar-refractivity contribution < 1.29 is 51.4 Å². The van der Waals surface area contributed by atoms with Crippen LogP contribution in [0.5, 0.6) is 0 Å². The van der Waals surface area contributed by atoms with E-state index in [0.717, 1.165) is 24.1 Å². The third-order valence-electron chi connectivity index (χ3n) is 15.8. The lowest BCUT2D eigenvalue weighted by atomic mass is 9.82. The molecule has 0 unspecified atom stereocenters. The Bertz CT molecular complexity index is 2480. The Balaban J connectivity index is 0.789. The standard InChI is InChI=1S/C55H77F3N10O8/c1-34(2)65(5)40-17-19-46(68-24-21-44(54(68)74)63-51-41-30-38(55(56,57)58)14-18-43(41)60-33-61-51)45(31-40)64-52(72)37-12-15-39(16-13-37)62-47(69)22-26-75-28-29-76-27-25-67(35(3)4)48(70)20-23-59-53(73)42-32-49(71)66(6)50(42)36-10-8-7-9-11-36/h7-11,14,18,30,33-35,37,39-40,42,44-46,50H,12-13,15-17,19-29,31-32H2,1-6H3,(H,59,73)(H,62,69)(H,64,72)(H,60,61,63)/t37?,39?,40-,42+,44+,45-,46+,50-/m1/s1. The van der Waals surface area contributed by atoms with Gasteiger partial charge in [-0.3, -0.25) is 28.8 Å². The Morgan fingerprint density at radius 1 is 0.829 bits per heavy atom. The van der Waals surface area contributed by atoms with Crippen LogP contribution in [0.1, 0.15) is 115 Å². The summed E-state index contributed by atoms with van der Waals surface area (Å²) in [6, 6.07) is 11.4. The van der Waals surface area contributed by atoms with Crippen LogP contribution in [0.15, 0.2) is 54.9 Å². The summed E-state index contributed by atoms with van der Waals surface area (Å²) in [5.74, 6) is -1.48. The number of halogens is 3. The van der Waals surface area contributed by atoms with Gasteiger partial charge in [-0.25, -0.2) is 9.97 Å². The lowest BCUT2D eigenvalue weighted by molar-refractivity contribution is -0.137. The summed E-state index contributed by atoms with van der Waals surface area (Å²) < 4.78 is 52.3. The maximum absolute atomic E-state index is 14.1. The highest BCUT2D eigenvalue weighted by molar-refractivity contribution is 5.94. The highest BCUT2D eigenvalue weighted by Crippen LogP contribution is 2.38. The molecular weight excluding hydrogens is 986 g/mol. The second kappa shape index (κ2) is 26.4. The van der Waals surface area contributed by atoms with E-state index in [4.69, 9.17) is 9.47 Å². The number of fused-ring (bicyclic) bond motifs is 1. The Hall–Kier alpha value is -5.93. The first-order chi connectivity index (χ1) is 36.3. The Labute approximate surface area is 443 Å². The van der Waals surface area contributed by atoms with Crippen molar-refractivity contribution in [2.24, 2.45) is 11.8 Å². The number of nitrogens with zero attached hydrogens (tertiary/aromatic N) is 6. The fourth-order valence-electron chi connectivity index (χ4n) is 11.3. The molecular formula is C55H77F3N10O8. The van der Waals surface area contributed by atoms with Crippen LogP contribution in [-0.4, -0.2) is 167 Å². The average Bonchev–Trinajstić information content (AvgIpc) is 3.91. The summed E-state index contributed by atoms with van der Waals surface area (Å²) in [5.41, 5.74) is 0.390. The van der Waals surface area contributed by atoms with Crippen LogP contribution in [-0.2, 0) is 44.4 Å². The molecule has 7 rings (SSSR count). The molecule has 4 aliphatic rings. The molecule has 2 saturated heterocycles. The van der Waals surface area contributed by atoms with Gasteiger partial charge in [0.25, 0.3) is 0 Å². The van der Waals surface area contributed by atoms with Gasteiger partial charge in [0.05, 0.1) is 61.6 Å². The first-order valence-electron chi connectivity index (χ1n) is 27.0. The summed E-state index contributed by atoms with van der Waals surface area (Å²) in [6.07, 6.45) is 2.19. The SMILES string of the molecule is CC(C)N(CCOCCOCCC(=O)NC1CCC(C(=O)N[C@@H]2C[C@H](N(C)C(C)C)CC[C@@H]2N2CC[C@H](Nc3ncnc4ccc(C(F)(F)F)cc34)C2=O)CC1)C(=O)CCNC(=O)[C@H]1CC(=O)N(C)[C@@H]1c1ccccc1. The van der Waals surface area contributed by atoms with Crippen molar-refractivity contribution in [3.05, 3.63) is 66.0 Å². The number of hydrogen-bond donors (Lipinski definition) is 4. The number of aromatic nitrogens is 2. The van der Waals surface area contributed by atoms with Gasteiger partial charge in [-0.15, -0.1) is 0 Å². The van der Waals surface area contributed by atoms with Gasteiger partial charge in [0.15, 0.2) is 0 Å². The number of rotatable bonds is 23. The van der Waals surface area contributed by atoms with Crippen molar-refractivity contribution >= 4 is 52.2 Å². The van der Waals surface area contributed by atoms with Gasteiger partial charge in [0.1, 0.15) is 18.2 Å². The van der Waals surface area contributed by atoms with E-state index in [-0.39, 0.29) is 147 Å². The molecule has 21 heteroatoms. The van der Waals surface area contributed by atoms with Crippen molar-refractivity contribution in [2.75, 3.05) is 65.5 Å². The Kier molecular flexibility index (Phi) is 20.1. The molecule has 0 spiro atoms. The lowest BCUT2D eigenvalue weighted by Gasteiger charge is -2.45.